The molecular weight excluding hydrogens is 677 g/mol. The summed E-state index contributed by atoms with van der Waals surface area (Å²) < 4.78 is 27.8. The van der Waals surface area contributed by atoms with Crippen molar-refractivity contribution in [2.75, 3.05) is 54.4 Å². The molecule has 0 heterocycles. The van der Waals surface area contributed by atoms with Crippen LogP contribution < -0.4 is 0 Å². The average Bonchev–Trinajstić information content (AvgIpc) is 2.83. The highest BCUT2D eigenvalue weighted by molar-refractivity contribution is 6.74. The van der Waals surface area contributed by atoms with Gasteiger partial charge in [0.2, 0.25) is 0 Å². The zero-order valence-corrected chi connectivity index (χ0v) is 36.9. The Balaban J connectivity index is 0. The smallest absolute Gasteiger partial charge is 0.410 e. The fraction of sp³-hybridized carbons (Fsp3) is 0.889. The van der Waals surface area contributed by atoms with E-state index in [1.807, 2.05) is 41.5 Å². The van der Waals surface area contributed by atoms with E-state index in [1.165, 1.54) is 33.7 Å². The van der Waals surface area contributed by atoms with Crippen molar-refractivity contribution >= 4 is 32.7 Å². The Labute approximate surface area is 310 Å². The van der Waals surface area contributed by atoms with Crippen molar-refractivity contribution in [3.63, 3.8) is 0 Å². The van der Waals surface area contributed by atoms with Gasteiger partial charge in [-0.3, -0.25) is 0 Å². The molecular formula is C36H74N4O10Si. The van der Waals surface area contributed by atoms with Gasteiger partial charge in [0, 0.05) is 28.2 Å². The van der Waals surface area contributed by atoms with Crippen LogP contribution in [0.2, 0.25) is 18.1 Å². The minimum Gasteiger partial charge on any atom is -0.444 e. The molecule has 0 saturated heterocycles. The molecule has 0 aliphatic heterocycles. The van der Waals surface area contributed by atoms with Crippen molar-refractivity contribution in [3.8, 4) is 0 Å². The number of carbonyl (C=O) groups is 4. The summed E-state index contributed by atoms with van der Waals surface area (Å²) in [6, 6.07) is 0. The van der Waals surface area contributed by atoms with Gasteiger partial charge in [0.05, 0.1) is 38.4 Å². The Morgan fingerprint density at radius 3 is 0.902 bits per heavy atom. The Bertz CT molecular complexity index is 1040. The molecule has 4 amide bonds. The monoisotopic (exact) mass is 751 g/mol. The molecule has 0 unspecified atom stereocenters. The number of hydrogen-bond acceptors (Lipinski definition) is 10. The lowest BCUT2D eigenvalue weighted by atomic mass is 10.2. The molecule has 14 nitrogen and oxygen atoms in total. The molecule has 0 aromatic carbocycles. The third-order valence-corrected chi connectivity index (χ3v) is 11.5. The highest BCUT2D eigenvalue weighted by Crippen LogP contribution is 2.37. The van der Waals surface area contributed by atoms with Crippen LogP contribution in [-0.4, -0.2) is 146 Å². The summed E-state index contributed by atoms with van der Waals surface area (Å²) in [4.78, 5) is 54.0. The second-order valence-corrected chi connectivity index (χ2v) is 23.4. The zero-order chi connectivity index (χ0) is 41.1. The molecule has 1 N–H and O–H groups in total. The van der Waals surface area contributed by atoms with E-state index < -0.39 is 61.2 Å². The van der Waals surface area contributed by atoms with Crippen LogP contribution in [-0.2, 0) is 23.4 Å². The molecule has 0 aliphatic rings. The lowest BCUT2D eigenvalue weighted by Crippen LogP contribution is -2.51. The predicted octanol–water partition coefficient (Wildman–Crippen LogP) is 7.19. The summed E-state index contributed by atoms with van der Waals surface area (Å²) in [6.07, 6.45) is -3.12. The number of aliphatic hydroxyl groups is 1. The van der Waals surface area contributed by atoms with E-state index in [4.69, 9.17) is 23.4 Å². The van der Waals surface area contributed by atoms with Crippen LogP contribution in [0.5, 0.6) is 0 Å². The Morgan fingerprint density at radius 2 is 0.706 bits per heavy atom. The first kappa shape index (κ1) is 50.3. The van der Waals surface area contributed by atoms with Gasteiger partial charge in [0.25, 0.3) is 0 Å². The molecule has 15 heteroatoms. The van der Waals surface area contributed by atoms with Crippen LogP contribution in [0.4, 0.5) is 19.2 Å². The van der Waals surface area contributed by atoms with Crippen molar-refractivity contribution in [2.45, 2.75) is 157 Å². The first-order valence-electron chi connectivity index (χ1n) is 17.5. The van der Waals surface area contributed by atoms with E-state index >= 15 is 0 Å². The normalized spacial score (nSPS) is 12.8. The van der Waals surface area contributed by atoms with E-state index in [-0.39, 0.29) is 24.2 Å². The standard InChI is InChI=1S/C21H44N2O5Si.C15H30N2O5/c1-19(2,3)26-17(24)22(10)14-16(28-29(12,13)21(7,8)9)15-23(11)18(25)27-20(4,5)6;1-14(2,3)21-12(19)16(7)9-11(18)10-17(8)13(20)22-15(4,5)6/h16H,14-15H2,1-13H3;11,18H,9-10H2,1-8H3. The van der Waals surface area contributed by atoms with Crippen LogP contribution in [0, 0.1) is 0 Å². The molecule has 51 heavy (non-hydrogen) atoms. The number of amides is 4. The quantitative estimate of drug-likeness (QED) is 0.180. The van der Waals surface area contributed by atoms with E-state index in [2.05, 4.69) is 33.9 Å². The number of hydrogen-bond donors (Lipinski definition) is 1. The third kappa shape index (κ3) is 24.2. The molecule has 0 aromatic rings. The van der Waals surface area contributed by atoms with Crippen LogP contribution in [0.1, 0.15) is 104 Å². The van der Waals surface area contributed by atoms with Crippen molar-refractivity contribution < 1.29 is 47.7 Å². The molecule has 0 spiro atoms. The molecule has 0 rings (SSSR count). The summed E-state index contributed by atoms with van der Waals surface area (Å²) in [5.41, 5.74) is -2.34. The fourth-order valence-corrected chi connectivity index (χ4v) is 5.02. The second kappa shape index (κ2) is 19.3. The summed E-state index contributed by atoms with van der Waals surface area (Å²) >= 11 is 0. The second-order valence-electron chi connectivity index (χ2n) is 18.6. The maximum absolute atomic E-state index is 12.4. The zero-order valence-electron chi connectivity index (χ0n) is 35.9. The number of rotatable bonds is 10. The van der Waals surface area contributed by atoms with Crippen LogP contribution >= 0.6 is 0 Å². The van der Waals surface area contributed by atoms with E-state index in [9.17, 15) is 24.3 Å². The van der Waals surface area contributed by atoms with Gasteiger partial charge in [-0.1, -0.05) is 20.8 Å². The van der Waals surface area contributed by atoms with Gasteiger partial charge >= 0.3 is 24.4 Å². The summed E-state index contributed by atoms with van der Waals surface area (Å²) in [7, 11) is 4.31. The van der Waals surface area contributed by atoms with Crippen LogP contribution in [0.25, 0.3) is 0 Å². The van der Waals surface area contributed by atoms with E-state index in [0.29, 0.717) is 13.1 Å². The van der Waals surface area contributed by atoms with Crippen LogP contribution in [0.3, 0.4) is 0 Å². The highest BCUT2D eigenvalue weighted by Gasteiger charge is 2.40. The molecule has 0 bridgehead atoms. The number of aliphatic hydroxyl groups excluding tert-OH is 1. The highest BCUT2D eigenvalue weighted by atomic mass is 28.4. The number of likely N-dealkylation sites (N-methyl/N-ethyl adjacent to an activating group) is 4. The van der Waals surface area contributed by atoms with Gasteiger partial charge in [-0.2, -0.15) is 0 Å². The Hall–Kier alpha value is -2.78. The van der Waals surface area contributed by atoms with E-state index in [0.717, 1.165) is 0 Å². The summed E-state index contributed by atoms with van der Waals surface area (Å²) in [5.74, 6) is 0. The van der Waals surface area contributed by atoms with Crippen molar-refractivity contribution in [3.05, 3.63) is 0 Å². The molecule has 0 aliphatic carbocycles. The molecule has 0 saturated carbocycles. The molecule has 0 atom stereocenters. The van der Waals surface area contributed by atoms with Gasteiger partial charge in [-0.25, -0.2) is 19.2 Å². The number of ether oxygens (including phenoxy) is 4. The van der Waals surface area contributed by atoms with Crippen molar-refractivity contribution in [1.29, 1.82) is 0 Å². The average molecular weight is 751 g/mol. The molecule has 0 radical (unpaired) electrons. The maximum Gasteiger partial charge on any atom is 0.410 e. The Morgan fingerprint density at radius 1 is 0.490 bits per heavy atom. The lowest BCUT2D eigenvalue weighted by Gasteiger charge is -2.41. The summed E-state index contributed by atoms with van der Waals surface area (Å²) in [5, 5.41) is 9.99. The third-order valence-electron chi connectivity index (χ3n) is 7.01. The van der Waals surface area contributed by atoms with Crippen molar-refractivity contribution in [2.24, 2.45) is 0 Å². The first-order valence-corrected chi connectivity index (χ1v) is 20.4. The molecule has 0 aromatic heterocycles. The fourth-order valence-electron chi connectivity index (χ4n) is 3.68. The van der Waals surface area contributed by atoms with E-state index in [1.54, 1.807) is 55.6 Å². The SMILES string of the molecule is CN(CC(CN(C)C(=O)OC(C)(C)C)O[Si](C)(C)C(C)(C)C)C(=O)OC(C)(C)C.CN(CC(O)CN(C)C(=O)OC(C)(C)C)C(=O)OC(C)(C)C. The van der Waals surface area contributed by atoms with Gasteiger partial charge in [-0.05, 0) is 101 Å². The van der Waals surface area contributed by atoms with Gasteiger partial charge < -0.3 is 48.1 Å². The largest absolute Gasteiger partial charge is 0.444 e. The summed E-state index contributed by atoms with van der Waals surface area (Å²) in [6.45, 7) is 33.1. The number of carbonyl (C=O) groups excluding carboxylic acids is 4. The van der Waals surface area contributed by atoms with Gasteiger partial charge in [0.1, 0.15) is 22.4 Å². The van der Waals surface area contributed by atoms with Crippen molar-refractivity contribution in [1.82, 2.24) is 19.6 Å². The lowest BCUT2D eigenvalue weighted by molar-refractivity contribution is 0.00829. The Kier molecular flexibility index (Phi) is 19.1. The minimum absolute atomic E-state index is 0.000228. The number of nitrogens with zero attached hydrogens (tertiary/aromatic N) is 4. The minimum atomic E-state index is -2.12. The van der Waals surface area contributed by atoms with Gasteiger partial charge in [-0.15, -0.1) is 0 Å². The molecule has 302 valence electrons. The molecule has 0 fully saturated rings. The predicted molar refractivity (Wildman–Crippen MR) is 204 cm³/mol. The van der Waals surface area contributed by atoms with Crippen LogP contribution in [0.15, 0.2) is 0 Å². The first-order chi connectivity index (χ1) is 22.4. The van der Waals surface area contributed by atoms with Gasteiger partial charge in [0.15, 0.2) is 8.32 Å². The maximum atomic E-state index is 12.4. The topological polar surface area (TPSA) is 148 Å².